The molecule has 0 amide bonds. The molecule has 0 spiro atoms. The number of aryl methyl sites for hydroxylation is 1. The molecule has 3 N–H and O–H groups in total. The summed E-state index contributed by atoms with van der Waals surface area (Å²) >= 11 is 6.50. The fourth-order valence-corrected chi connectivity index (χ4v) is 5.98. The standard InChI is InChI=1S/C30H23ClF3N7O3S/c1-40-26-24(10-8-20(31)25(26)28(38-40)39-45(2,43)44)41-29(22(35)13-15-11-16(32)14-17(33)12-15)37-27-19(30(41)42)7-9-23(36-27)18-5-3-4-6-21(18)34/h3-12,14,22H,13,35H2,1-2H3,(H,38,39)/t22-/m0/s1. The van der Waals surface area contributed by atoms with Gasteiger partial charge >= 0.3 is 0 Å². The van der Waals surface area contributed by atoms with E-state index in [1.807, 2.05) is 0 Å². The van der Waals surface area contributed by atoms with Gasteiger partial charge in [0.1, 0.15) is 23.3 Å². The van der Waals surface area contributed by atoms with Crippen molar-refractivity contribution >= 4 is 49.4 Å². The van der Waals surface area contributed by atoms with Gasteiger partial charge in [-0.15, -0.1) is 0 Å². The van der Waals surface area contributed by atoms with Gasteiger partial charge in [-0.1, -0.05) is 23.7 Å². The quantitative estimate of drug-likeness (QED) is 0.247. The van der Waals surface area contributed by atoms with Crippen LogP contribution in [0.5, 0.6) is 0 Å². The van der Waals surface area contributed by atoms with Crippen LogP contribution < -0.4 is 16.0 Å². The summed E-state index contributed by atoms with van der Waals surface area (Å²) in [5.74, 6) is -2.25. The lowest BCUT2D eigenvalue weighted by molar-refractivity contribution is 0.572. The van der Waals surface area contributed by atoms with Crippen molar-refractivity contribution in [2.45, 2.75) is 12.5 Å². The molecule has 230 valence electrons. The summed E-state index contributed by atoms with van der Waals surface area (Å²) < 4.78 is 71.7. The van der Waals surface area contributed by atoms with E-state index in [9.17, 15) is 26.4 Å². The zero-order chi connectivity index (χ0) is 32.2. The maximum atomic E-state index is 14.6. The van der Waals surface area contributed by atoms with Crippen LogP contribution in [0.2, 0.25) is 5.02 Å². The number of anilines is 1. The fraction of sp³-hybridized carbons (Fsp3) is 0.133. The van der Waals surface area contributed by atoms with Crippen molar-refractivity contribution in [1.82, 2.24) is 24.3 Å². The molecule has 0 aliphatic rings. The Morgan fingerprint density at radius 1 is 1.00 bits per heavy atom. The molecule has 3 aromatic carbocycles. The first-order valence-electron chi connectivity index (χ1n) is 13.3. The zero-order valence-electron chi connectivity index (χ0n) is 23.6. The van der Waals surface area contributed by atoms with Crippen LogP contribution in [0.4, 0.5) is 19.0 Å². The second-order valence-corrected chi connectivity index (χ2v) is 12.5. The molecular weight excluding hydrogens is 631 g/mol. The van der Waals surface area contributed by atoms with Gasteiger partial charge in [0.15, 0.2) is 11.5 Å². The van der Waals surface area contributed by atoms with Crippen LogP contribution in [-0.2, 0) is 23.5 Å². The number of aromatic nitrogens is 5. The van der Waals surface area contributed by atoms with Crippen LogP contribution >= 0.6 is 11.6 Å². The highest BCUT2D eigenvalue weighted by Crippen LogP contribution is 2.35. The molecule has 0 fully saturated rings. The number of halogens is 4. The third kappa shape index (κ3) is 5.75. The molecule has 0 saturated heterocycles. The van der Waals surface area contributed by atoms with E-state index in [-0.39, 0.29) is 67.5 Å². The molecule has 6 aromatic rings. The summed E-state index contributed by atoms with van der Waals surface area (Å²) in [7, 11) is -2.23. The van der Waals surface area contributed by atoms with Crippen LogP contribution in [0.15, 0.2) is 71.5 Å². The summed E-state index contributed by atoms with van der Waals surface area (Å²) in [5, 5.41) is 4.68. The topological polar surface area (TPSA) is 138 Å². The lowest BCUT2D eigenvalue weighted by atomic mass is 10.0. The van der Waals surface area contributed by atoms with Crippen LogP contribution in [0.1, 0.15) is 17.4 Å². The van der Waals surface area contributed by atoms with E-state index in [4.69, 9.17) is 17.3 Å². The number of nitrogens with one attached hydrogen (secondary N) is 1. The van der Waals surface area contributed by atoms with E-state index in [0.717, 1.165) is 24.5 Å². The largest absolute Gasteiger partial charge is 0.321 e. The first-order valence-corrected chi connectivity index (χ1v) is 15.6. The first kappa shape index (κ1) is 30.2. The van der Waals surface area contributed by atoms with Gasteiger partial charge in [-0.25, -0.2) is 31.6 Å². The smallest absolute Gasteiger partial charge is 0.267 e. The lowest BCUT2D eigenvalue weighted by Gasteiger charge is -2.20. The number of nitrogens with two attached hydrogens (primary N) is 1. The van der Waals surface area contributed by atoms with Gasteiger partial charge in [0.2, 0.25) is 10.0 Å². The Balaban J connectivity index is 1.63. The normalized spacial score (nSPS) is 12.6. The number of benzene rings is 3. The zero-order valence-corrected chi connectivity index (χ0v) is 25.2. The maximum Gasteiger partial charge on any atom is 0.267 e. The average Bonchev–Trinajstić information content (AvgIpc) is 3.28. The van der Waals surface area contributed by atoms with Gasteiger partial charge in [0.25, 0.3) is 5.56 Å². The number of hydrogen-bond acceptors (Lipinski definition) is 7. The van der Waals surface area contributed by atoms with Gasteiger partial charge in [-0.05, 0) is 60.5 Å². The summed E-state index contributed by atoms with van der Waals surface area (Å²) in [6.45, 7) is 0. The number of nitrogens with zero attached hydrogens (tertiary/aromatic N) is 5. The van der Waals surface area contributed by atoms with Crippen molar-refractivity contribution in [2.75, 3.05) is 11.0 Å². The predicted molar refractivity (Wildman–Crippen MR) is 165 cm³/mol. The van der Waals surface area contributed by atoms with Crippen molar-refractivity contribution in [1.29, 1.82) is 0 Å². The van der Waals surface area contributed by atoms with E-state index >= 15 is 0 Å². The Kier molecular flexibility index (Phi) is 7.59. The summed E-state index contributed by atoms with van der Waals surface area (Å²) in [5.41, 5.74) is 7.01. The Labute approximate surface area is 259 Å². The van der Waals surface area contributed by atoms with E-state index in [2.05, 4.69) is 19.8 Å². The molecule has 3 aromatic heterocycles. The first-order chi connectivity index (χ1) is 21.3. The third-order valence-electron chi connectivity index (χ3n) is 7.06. The van der Waals surface area contributed by atoms with Gasteiger partial charge in [0, 0.05) is 18.7 Å². The lowest BCUT2D eigenvalue weighted by Crippen LogP contribution is -2.30. The molecular formula is C30H23ClF3N7O3S. The molecule has 0 unspecified atom stereocenters. The fourth-order valence-electron chi connectivity index (χ4n) is 5.24. The van der Waals surface area contributed by atoms with E-state index < -0.39 is 39.1 Å². The van der Waals surface area contributed by atoms with Gasteiger partial charge in [-0.2, -0.15) is 5.10 Å². The molecule has 6 rings (SSSR count). The van der Waals surface area contributed by atoms with E-state index in [0.29, 0.717) is 0 Å². The Bertz CT molecular complexity index is 2310. The SMILES string of the molecule is Cn1nc(NS(C)(=O)=O)c2c(Cl)ccc(-n3c([C@@H](N)Cc4cc(F)cc(F)c4)nc4nc(-c5ccccc5F)ccc4c3=O)c21. The van der Waals surface area contributed by atoms with Crippen LogP contribution in [0.3, 0.4) is 0 Å². The summed E-state index contributed by atoms with van der Waals surface area (Å²) in [4.78, 5) is 23.4. The van der Waals surface area contributed by atoms with Crippen molar-refractivity contribution in [3.05, 3.63) is 111 Å². The minimum absolute atomic E-state index is 0.0393. The molecule has 0 bridgehead atoms. The number of fused-ring (bicyclic) bond motifs is 2. The van der Waals surface area contributed by atoms with Crippen molar-refractivity contribution in [3.63, 3.8) is 0 Å². The Morgan fingerprint density at radius 3 is 2.40 bits per heavy atom. The summed E-state index contributed by atoms with van der Waals surface area (Å²) in [6.07, 6.45) is 0.820. The molecule has 0 aliphatic heterocycles. The number of sulfonamides is 1. The van der Waals surface area contributed by atoms with E-state index in [1.54, 1.807) is 6.07 Å². The molecule has 0 radical (unpaired) electrons. The van der Waals surface area contributed by atoms with Gasteiger partial charge in [-0.3, -0.25) is 18.8 Å². The minimum atomic E-state index is -3.76. The molecule has 1 atom stereocenters. The van der Waals surface area contributed by atoms with Crippen molar-refractivity contribution in [3.8, 4) is 16.9 Å². The minimum Gasteiger partial charge on any atom is -0.321 e. The molecule has 0 saturated carbocycles. The highest BCUT2D eigenvalue weighted by Gasteiger charge is 2.25. The second-order valence-electron chi connectivity index (χ2n) is 10.4. The number of rotatable bonds is 7. The number of hydrogen-bond donors (Lipinski definition) is 2. The van der Waals surface area contributed by atoms with Crippen LogP contribution in [0, 0.1) is 17.5 Å². The van der Waals surface area contributed by atoms with Gasteiger partial charge < -0.3 is 5.73 Å². The van der Waals surface area contributed by atoms with Gasteiger partial charge in [0.05, 0.1) is 45.0 Å². The Hall–Kier alpha value is -4.79. The molecule has 15 heteroatoms. The van der Waals surface area contributed by atoms with Crippen molar-refractivity contribution in [2.24, 2.45) is 12.8 Å². The highest BCUT2D eigenvalue weighted by atomic mass is 35.5. The van der Waals surface area contributed by atoms with Crippen molar-refractivity contribution < 1.29 is 21.6 Å². The second kappa shape index (κ2) is 11.3. The van der Waals surface area contributed by atoms with E-state index in [1.165, 1.54) is 58.8 Å². The predicted octanol–water partition coefficient (Wildman–Crippen LogP) is 5.02. The number of pyridine rings is 1. The van der Waals surface area contributed by atoms with Crippen LogP contribution in [-0.4, -0.2) is 39.0 Å². The molecule has 3 heterocycles. The average molecular weight is 654 g/mol. The monoisotopic (exact) mass is 653 g/mol. The maximum absolute atomic E-state index is 14.6. The molecule has 10 nitrogen and oxygen atoms in total. The van der Waals surface area contributed by atoms with Crippen LogP contribution in [0.25, 0.3) is 38.9 Å². The molecule has 0 aliphatic carbocycles. The third-order valence-corrected chi connectivity index (χ3v) is 7.94. The highest BCUT2D eigenvalue weighted by molar-refractivity contribution is 7.92. The Morgan fingerprint density at radius 2 is 1.71 bits per heavy atom. The molecule has 45 heavy (non-hydrogen) atoms. The summed E-state index contributed by atoms with van der Waals surface area (Å²) in [6, 6.07) is 13.7.